The SMILES string of the molecule is O=C(NCC1COc2ccccc2O1)c1ccc(Cl)c(S(=O)(=O)NCc2ccccc2)c1. The summed E-state index contributed by atoms with van der Waals surface area (Å²) >= 11 is 6.13. The van der Waals surface area contributed by atoms with Gasteiger partial charge in [-0.05, 0) is 35.9 Å². The second kappa shape index (κ2) is 9.60. The number of amides is 1. The molecule has 4 rings (SSSR count). The maximum Gasteiger partial charge on any atom is 0.251 e. The number of para-hydroxylation sites is 2. The second-order valence-corrected chi connectivity index (χ2v) is 9.31. The molecule has 0 fully saturated rings. The Balaban J connectivity index is 1.41. The molecule has 166 valence electrons. The maximum absolute atomic E-state index is 12.8. The van der Waals surface area contributed by atoms with Gasteiger partial charge in [-0.15, -0.1) is 0 Å². The van der Waals surface area contributed by atoms with Gasteiger partial charge in [0.2, 0.25) is 10.0 Å². The predicted octanol–water partition coefficient (Wildman–Crippen LogP) is 3.39. The van der Waals surface area contributed by atoms with Gasteiger partial charge in [0, 0.05) is 12.1 Å². The third kappa shape index (κ3) is 5.21. The van der Waals surface area contributed by atoms with Crippen LogP contribution in [0.1, 0.15) is 15.9 Å². The number of fused-ring (bicyclic) bond motifs is 1. The number of carbonyl (C=O) groups excluding carboxylic acids is 1. The molecule has 3 aromatic rings. The van der Waals surface area contributed by atoms with Gasteiger partial charge >= 0.3 is 0 Å². The lowest BCUT2D eigenvalue weighted by molar-refractivity contribution is 0.0789. The number of benzene rings is 3. The van der Waals surface area contributed by atoms with Gasteiger partial charge in [0.15, 0.2) is 11.5 Å². The molecule has 1 amide bonds. The van der Waals surface area contributed by atoms with Gasteiger partial charge in [0.05, 0.1) is 11.6 Å². The molecule has 0 spiro atoms. The molecule has 0 aromatic heterocycles. The Labute approximate surface area is 191 Å². The van der Waals surface area contributed by atoms with E-state index in [4.69, 9.17) is 21.1 Å². The molecule has 7 nitrogen and oxygen atoms in total. The largest absolute Gasteiger partial charge is 0.486 e. The van der Waals surface area contributed by atoms with Crippen LogP contribution in [-0.4, -0.2) is 33.6 Å². The average molecular weight is 473 g/mol. The minimum absolute atomic E-state index is 0.0303. The Kier molecular flexibility index (Phi) is 6.64. The molecule has 0 bridgehead atoms. The lowest BCUT2D eigenvalue weighted by Gasteiger charge is -2.26. The van der Waals surface area contributed by atoms with Crippen molar-refractivity contribution in [2.24, 2.45) is 0 Å². The monoisotopic (exact) mass is 472 g/mol. The van der Waals surface area contributed by atoms with E-state index in [9.17, 15) is 13.2 Å². The molecule has 0 saturated carbocycles. The van der Waals surface area contributed by atoms with E-state index >= 15 is 0 Å². The molecule has 1 unspecified atom stereocenters. The topological polar surface area (TPSA) is 93.7 Å². The van der Waals surface area contributed by atoms with Crippen molar-refractivity contribution >= 4 is 27.5 Å². The van der Waals surface area contributed by atoms with E-state index in [2.05, 4.69) is 10.0 Å². The summed E-state index contributed by atoms with van der Waals surface area (Å²) in [6, 6.07) is 20.5. The van der Waals surface area contributed by atoms with Crippen LogP contribution in [0, 0.1) is 0 Å². The summed E-state index contributed by atoms with van der Waals surface area (Å²) < 4.78 is 39.5. The van der Waals surface area contributed by atoms with Crippen LogP contribution in [-0.2, 0) is 16.6 Å². The van der Waals surface area contributed by atoms with Crippen LogP contribution in [0.2, 0.25) is 5.02 Å². The first-order valence-electron chi connectivity index (χ1n) is 9.92. The number of hydrogen-bond donors (Lipinski definition) is 2. The Morgan fingerprint density at radius 3 is 2.50 bits per heavy atom. The summed E-state index contributed by atoms with van der Waals surface area (Å²) in [4.78, 5) is 12.5. The van der Waals surface area contributed by atoms with Gasteiger partial charge in [-0.25, -0.2) is 13.1 Å². The fourth-order valence-corrected chi connectivity index (χ4v) is 4.72. The number of hydrogen-bond acceptors (Lipinski definition) is 5. The third-order valence-electron chi connectivity index (χ3n) is 4.85. The second-order valence-electron chi connectivity index (χ2n) is 7.16. The van der Waals surface area contributed by atoms with Gasteiger partial charge in [-0.3, -0.25) is 4.79 Å². The molecule has 1 aliphatic rings. The van der Waals surface area contributed by atoms with E-state index in [-0.39, 0.29) is 34.7 Å². The first kappa shape index (κ1) is 22.1. The maximum atomic E-state index is 12.8. The van der Waals surface area contributed by atoms with Crippen molar-refractivity contribution < 1.29 is 22.7 Å². The zero-order valence-electron chi connectivity index (χ0n) is 17.0. The fourth-order valence-electron chi connectivity index (χ4n) is 3.17. The summed E-state index contributed by atoms with van der Waals surface area (Å²) in [7, 11) is -3.92. The molecular formula is C23H21ClN2O5S. The lowest BCUT2D eigenvalue weighted by atomic mass is 10.2. The normalized spacial score (nSPS) is 15.2. The number of carbonyl (C=O) groups is 1. The van der Waals surface area contributed by atoms with E-state index < -0.39 is 15.9 Å². The molecule has 1 atom stereocenters. The predicted molar refractivity (Wildman–Crippen MR) is 121 cm³/mol. The van der Waals surface area contributed by atoms with E-state index in [0.717, 1.165) is 5.56 Å². The van der Waals surface area contributed by atoms with Crippen LogP contribution >= 0.6 is 11.6 Å². The highest BCUT2D eigenvalue weighted by atomic mass is 35.5. The molecule has 32 heavy (non-hydrogen) atoms. The highest BCUT2D eigenvalue weighted by Gasteiger charge is 2.23. The van der Waals surface area contributed by atoms with Crippen molar-refractivity contribution in [1.29, 1.82) is 0 Å². The van der Waals surface area contributed by atoms with Crippen LogP contribution < -0.4 is 19.5 Å². The number of sulfonamides is 1. The van der Waals surface area contributed by atoms with Gasteiger partial charge in [-0.1, -0.05) is 54.1 Å². The first-order chi connectivity index (χ1) is 15.4. The molecule has 9 heteroatoms. The van der Waals surface area contributed by atoms with Crippen molar-refractivity contribution in [3.8, 4) is 11.5 Å². The van der Waals surface area contributed by atoms with Gasteiger partial charge in [0.1, 0.15) is 17.6 Å². The van der Waals surface area contributed by atoms with E-state index in [1.807, 2.05) is 48.5 Å². The van der Waals surface area contributed by atoms with Crippen LogP contribution in [0.5, 0.6) is 11.5 Å². The average Bonchev–Trinajstić information content (AvgIpc) is 2.82. The van der Waals surface area contributed by atoms with Crippen molar-refractivity contribution in [2.45, 2.75) is 17.5 Å². The highest BCUT2D eigenvalue weighted by Crippen LogP contribution is 2.30. The van der Waals surface area contributed by atoms with E-state index in [0.29, 0.717) is 18.1 Å². The smallest absolute Gasteiger partial charge is 0.251 e. The van der Waals surface area contributed by atoms with E-state index in [1.165, 1.54) is 18.2 Å². The van der Waals surface area contributed by atoms with Crippen molar-refractivity contribution in [3.63, 3.8) is 0 Å². The standard InChI is InChI=1S/C23H21ClN2O5S/c24-19-11-10-17(12-22(19)32(28,29)26-13-16-6-2-1-3-7-16)23(27)25-14-18-15-30-20-8-4-5-9-21(20)31-18/h1-12,18,26H,13-15H2,(H,25,27). The zero-order valence-corrected chi connectivity index (χ0v) is 18.5. The minimum Gasteiger partial charge on any atom is -0.486 e. The van der Waals surface area contributed by atoms with Gasteiger partial charge in [-0.2, -0.15) is 0 Å². The van der Waals surface area contributed by atoms with Crippen molar-refractivity contribution in [1.82, 2.24) is 10.0 Å². The summed E-state index contributed by atoms with van der Waals surface area (Å²) in [6.45, 7) is 0.599. The molecular weight excluding hydrogens is 452 g/mol. The summed E-state index contributed by atoms with van der Waals surface area (Å²) in [6.07, 6.45) is -0.364. The van der Waals surface area contributed by atoms with Crippen molar-refractivity contribution in [2.75, 3.05) is 13.2 Å². The molecule has 0 saturated heterocycles. The number of nitrogens with one attached hydrogen (secondary N) is 2. The van der Waals surface area contributed by atoms with Crippen LogP contribution in [0.25, 0.3) is 0 Å². The number of rotatable bonds is 7. The molecule has 3 aromatic carbocycles. The Morgan fingerprint density at radius 1 is 1.00 bits per heavy atom. The summed E-state index contributed by atoms with van der Waals surface area (Å²) in [5.41, 5.74) is 0.976. The summed E-state index contributed by atoms with van der Waals surface area (Å²) in [5, 5.41) is 2.78. The number of halogens is 1. The van der Waals surface area contributed by atoms with Crippen LogP contribution in [0.4, 0.5) is 0 Å². The van der Waals surface area contributed by atoms with Crippen LogP contribution in [0.3, 0.4) is 0 Å². The van der Waals surface area contributed by atoms with Gasteiger partial charge < -0.3 is 14.8 Å². The minimum atomic E-state index is -3.92. The number of ether oxygens (including phenoxy) is 2. The van der Waals surface area contributed by atoms with Crippen LogP contribution in [0.15, 0.2) is 77.7 Å². The molecule has 1 heterocycles. The molecule has 1 aliphatic heterocycles. The lowest BCUT2D eigenvalue weighted by Crippen LogP contribution is -2.40. The Morgan fingerprint density at radius 2 is 1.72 bits per heavy atom. The quantitative estimate of drug-likeness (QED) is 0.549. The fraction of sp³-hybridized carbons (Fsp3) is 0.174. The molecule has 0 aliphatic carbocycles. The Bertz CT molecular complexity index is 1220. The van der Waals surface area contributed by atoms with Gasteiger partial charge in [0.25, 0.3) is 5.91 Å². The molecule has 2 N–H and O–H groups in total. The molecule has 0 radical (unpaired) electrons. The van der Waals surface area contributed by atoms with E-state index in [1.54, 1.807) is 6.07 Å². The first-order valence-corrected chi connectivity index (χ1v) is 11.8. The van der Waals surface area contributed by atoms with Crippen molar-refractivity contribution in [3.05, 3.63) is 88.9 Å². The third-order valence-corrected chi connectivity index (χ3v) is 6.73. The zero-order chi connectivity index (χ0) is 22.6. The summed E-state index contributed by atoms with van der Waals surface area (Å²) in [5.74, 6) is 0.830. The highest BCUT2D eigenvalue weighted by molar-refractivity contribution is 7.89. The Hall–Kier alpha value is -3.07.